The van der Waals surface area contributed by atoms with E-state index in [-0.39, 0.29) is 17.2 Å². The molecule has 7 heteroatoms. The van der Waals surface area contributed by atoms with Crippen molar-refractivity contribution in [3.63, 3.8) is 0 Å². The molecule has 1 aliphatic heterocycles. The molecule has 1 saturated heterocycles. The molecule has 0 spiro atoms. The summed E-state index contributed by atoms with van der Waals surface area (Å²) in [6, 6.07) is 8.62. The smallest absolute Gasteiger partial charge is 0.256 e. The molecule has 2 amide bonds. The van der Waals surface area contributed by atoms with Crippen LogP contribution >= 0.6 is 0 Å². The molecule has 1 aromatic carbocycles. The Morgan fingerprint density at radius 2 is 2.04 bits per heavy atom. The Labute approximate surface area is 152 Å². The molecule has 1 atom stereocenters. The van der Waals surface area contributed by atoms with Gasteiger partial charge in [-0.25, -0.2) is 0 Å². The third-order valence-electron chi connectivity index (χ3n) is 4.24. The van der Waals surface area contributed by atoms with Crippen molar-refractivity contribution in [1.82, 2.24) is 10.2 Å². The van der Waals surface area contributed by atoms with E-state index in [0.717, 1.165) is 18.5 Å². The highest BCUT2D eigenvalue weighted by Crippen LogP contribution is 2.22. The van der Waals surface area contributed by atoms with Crippen molar-refractivity contribution in [3.8, 4) is 0 Å². The number of benzene rings is 1. The fourth-order valence-corrected chi connectivity index (χ4v) is 2.70. The Hall–Kier alpha value is -2.67. The summed E-state index contributed by atoms with van der Waals surface area (Å²) in [5, 5.41) is 12.6. The molecule has 2 heterocycles. The number of anilines is 2. The molecule has 3 N–H and O–H groups in total. The van der Waals surface area contributed by atoms with Gasteiger partial charge >= 0.3 is 0 Å². The second-order valence-corrected chi connectivity index (χ2v) is 7.44. The summed E-state index contributed by atoms with van der Waals surface area (Å²) in [5.41, 5.74) is 1.86. The lowest BCUT2D eigenvalue weighted by Crippen LogP contribution is -2.27. The summed E-state index contributed by atoms with van der Waals surface area (Å²) >= 11 is 0. The summed E-state index contributed by atoms with van der Waals surface area (Å²) in [6.45, 7) is 6.80. The van der Waals surface area contributed by atoms with Gasteiger partial charge in [-0.1, -0.05) is 26.8 Å². The van der Waals surface area contributed by atoms with E-state index in [1.165, 1.54) is 0 Å². The second kappa shape index (κ2) is 7.29. The molecule has 0 saturated carbocycles. The number of aromatic nitrogens is 2. The second-order valence-electron chi connectivity index (χ2n) is 7.44. The number of hydrogen-bond acceptors (Lipinski definition) is 4. The molecule has 1 aromatic heterocycles. The first-order chi connectivity index (χ1) is 12.3. The Bertz CT molecular complexity index is 801. The van der Waals surface area contributed by atoms with Gasteiger partial charge in [0.1, 0.15) is 6.10 Å². The van der Waals surface area contributed by atoms with Crippen LogP contribution in [0.15, 0.2) is 30.3 Å². The van der Waals surface area contributed by atoms with E-state index in [1.807, 2.05) is 6.07 Å². The van der Waals surface area contributed by atoms with Crippen molar-refractivity contribution in [1.29, 1.82) is 0 Å². The zero-order chi connectivity index (χ0) is 18.7. The number of amides is 2. The average molecular weight is 356 g/mol. The van der Waals surface area contributed by atoms with Crippen molar-refractivity contribution >= 4 is 23.3 Å². The summed E-state index contributed by atoms with van der Waals surface area (Å²) < 4.78 is 5.37. The molecular formula is C19H24N4O3. The predicted molar refractivity (Wildman–Crippen MR) is 99.3 cm³/mol. The molecule has 1 fully saturated rings. The van der Waals surface area contributed by atoms with Crippen molar-refractivity contribution < 1.29 is 14.3 Å². The number of rotatable bonds is 4. The van der Waals surface area contributed by atoms with E-state index in [1.54, 1.807) is 24.3 Å². The van der Waals surface area contributed by atoms with E-state index in [2.05, 4.69) is 41.6 Å². The van der Waals surface area contributed by atoms with Crippen LogP contribution in [0.25, 0.3) is 0 Å². The third kappa shape index (κ3) is 4.29. The van der Waals surface area contributed by atoms with Crippen LogP contribution in [0.5, 0.6) is 0 Å². The third-order valence-corrected chi connectivity index (χ3v) is 4.24. The minimum absolute atomic E-state index is 0.0809. The Morgan fingerprint density at radius 1 is 1.23 bits per heavy atom. The van der Waals surface area contributed by atoms with Crippen LogP contribution in [0, 0.1) is 0 Å². The molecule has 0 bridgehead atoms. The first kappa shape index (κ1) is 18.1. The van der Waals surface area contributed by atoms with E-state index in [4.69, 9.17) is 4.74 Å². The van der Waals surface area contributed by atoms with Gasteiger partial charge in [0.15, 0.2) is 5.82 Å². The summed E-state index contributed by atoms with van der Waals surface area (Å²) in [6.07, 6.45) is 1.20. The lowest BCUT2D eigenvalue weighted by Gasteiger charge is -2.14. The van der Waals surface area contributed by atoms with Gasteiger partial charge in [0, 0.05) is 35.0 Å². The molecule has 26 heavy (non-hydrogen) atoms. The molecular weight excluding hydrogens is 332 g/mol. The van der Waals surface area contributed by atoms with Crippen LogP contribution in [-0.4, -0.2) is 34.7 Å². The first-order valence-corrected chi connectivity index (χ1v) is 8.73. The molecule has 0 unspecified atom stereocenters. The Morgan fingerprint density at radius 3 is 2.69 bits per heavy atom. The number of carbonyl (C=O) groups excluding carboxylic acids is 2. The van der Waals surface area contributed by atoms with Gasteiger partial charge in [-0.3, -0.25) is 14.7 Å². The normalized spacial score (nSPS) is 17.1. The van der Waals surface area contributed by atoms with Gasteiger partial charge in [-0.05, 0) is 31.0 Å². The molecule has 138 valence electrons. The topological polar surface area (TPSA) is 96.1 Å². The highest BCUT2D eigenvalue weighted by molar-refractivity contribution is 6.05. The van der Waals surface area contributed by atoms with Crippen LogP contribution in [0.4, 0.5) is 11.5 Å². The van der Waals surface area contributed by atoms with Gasteiger partial charge in [0.25, 0.3) is 11.8 Å². The van der Waals surface area contributed by atoms with Crippen LogP contribution < -0.4 is 10.6 Å². The highest BCUT2D eigenvalue weighted by Gasteiger charge is 2.23. The summed E-state index contributed by atoms with van der Waals surface area (Å²) in [7, 11) is 0. The Balaban J connectivity index is 1.66. The molecule has 0 aliphatic carbocycles. The maximum atomic E-state index is 12.5. The monoisotopic (exact) mass is 356 g/mol. The average Bonchev–Trinajstić information content (AvgIpc) is 3.26. The van der Waals surface area contributed by atoms with Crippen LogP contribution in [0.1, 0.15) is 49.7 Å². The van der Waals surface area contributed by atoms with Crippen molar-refractivity contribution in [2.75, 3.05) is 17.2 Å². The van der Waals surface area contributed by atoms with Crippen LogP contribution in [0.2, 0.25) is 0 Å². The summed E-state index contributed by atoms with van der Waals surface area (Å²) in [4.78, 5) is 24.6. The molecule has 2 aromatic rings. The van der Waals surface area contributed by atoms with E-state index in [0.29, 0.717) is 23.7 Å². The maximum Gasteiger partial charge on any atom is 0.256 e. The first-order valence-electron chi connectivity index (χ1n) is 8.73. The number of ether oxygens (including phenoxy) is 1. The van der Waals surface area contributed by atoms with Crippen molar-refractivity contribution in [3.05, 3.63) is 41.6 Å². The minimum Gasteiger partial charge on any atom is -0.368 e. The number of carbonyl (C=O) groups is 2. The zero-order valence-corrected chi connectivity index (χ0v) is 15.3. The number of nitrogens with zero attached hydrogens (tertiary/aromatic N) is 1. The zero-order valence-electron chi connectivity index (χ0n) is 15.3. The molecule has 0 radical (unpaired) electrons. The van der Waals surface area contributed by atoms with Crippen LogP contribution in [0.3, 0.4) is 0 Å². The van der Waals surface area contributed by atoms with E-state index >= 15 is 0 Å². The van der Waals surface area contributed by atoms with Gasteiger partial charge in [0.05, 0.1) is 0 Å². The van der Waals surface area contributed by atoms with Crippen molar-refractivity contribution in [2.45, 2.75) is 45.1 Å². The maximum absolute atomic E-state index is 12.5. The van der Waals surface area contributed by atoms with Gasteiger partial charge in [0.2, 0.25) is 0 Å². The largest absolute Gasteiger partial charge is 0.368 e. The number of nitrogens with one attached hydrogen (secondary N) is 3. The van der Waals surface area contributed by atoms with Crippen molar-refractivity contribution in [2.24, 2.45) is 0 Å². The number of H-pyrrole nitrogens is 1. The fourth-order valence-electron chi connectivity index (χ4n) is 2.70. The van der Waals surface area contributed by atoms with Gasteiger partial charge in [-0.2, -0.15) is 5.10 Å². The van der Waals surface area contributed by atoms with E-state index < -0.39 is 6.10 Å². The standard InChI is InChI=1S/C19H24N4O3/c1-19(2,3)15-11-16(23-22-15)21-17(24)12-6-4-7-13(10-12)20-18(25)14-8-5-9-26-14/h4,6-7,10-11,14H,5,8-9H2,1-3H3,(H,20,25)(H2,21,22,23,24)/t14-/m0/s1. The fraction of sp³-hybridized carbons (Fsp3) is 0.421. The minimum atomic E-state index is -0.410. The Kier molecular flexibility index (Phi) is 5.08. The highest BCUT2D eigenvalue weighted by atomic mass is 16.5. The summed E-state index contributed by atoms with van der Waals surface area (Å²) in [5.74, 6) is 0.000993. The molecule has 3 rings (SSSR count). The number of aromatic amines is 1. The predicted octanol–water partition coefficient (Wildman–Crippen LogP) is 3.08. The van der Waals surface area contributed by atoms with E-state index in [9.17, 15) is 9.59 Å². The molecule has 7 nitrogen and oxygen atoms in total. The number of hydrogen-bond donors (Lipinski definition) is 3. The quantitative estimate of drug-likeness (QED) is 0.784. The van der Waals surface area contributed by atoms with Crippen LogP contribution in [-0.2, 0) is 14.9 Å². The SMILES string of the molecule is CC(C)(C)c1cc(NC(=O)c2cccc(NC(=O)[C@@H]3CCCO3)c2)n[nH]1. The lowest BCUT2D eigenvalue weighted by molar-refractivity contribution is -0.124. The van der Waals surface area contributed by atoms with Gasteiger partial charge in [-0.15, -0.1) is 0 Å². The molecule has 1 aliphatic rings. The lowest BCUT2D eigenvalue weighted by atomic mass is 9.92. The van der Waals surface area contributed by atoms with Gasteiger partial charge < -0.3 is 15.4 Å².